The first-order valence-electron chi connectivity index (χ1n) is 6.41. The highest BCUT2D eigenvalue weighted by atomic mass is 79.9. The molecule has 3 aromatic rings. The number of nitro groups is 1. The molecule has 1 heterocycles. The Kier molecular flexibility index (Phi) is 3.50. The monoisotopic (exact) mass is 359 g/mol. The van der Waals surface area contributed by atoms with Crippen LogP contribution in [0.15, 0.2) is 51.7 Å². The number of fused-ring (bicyclic) bond motifs is 1. The van der Waals surface area contributed by atoms with Crippen molar-refractivity contribution in [1.82, 2.24) is 9.55 Å². The Hall–Kier alpha value is -2.54. The molecule has 0 N–H and O–H groups in total. The number of halogens is 1. The third kappa shape index (κ3) is 2.39. The highest BCUT2D eigenvalue weighted by Gasteiger charge is 2.12. The maximum Gasteiger partial charge on any atom is 0.269 e. The van der Waals surface area contributed by atoms with Gasteiger partial charge in [0.05, 0.1) is 21.5 Å². The third-order valence-corrected chi connectivity index (χ3v) is 3.81. The number of hydrogen-bond acceptors (Lipinski definition) is 4. The van der Waals surface area contributed by atoms with Crippen LogP contribution in [0.5, 0.6) is 0 Å². The summed E-state index contributed by atoms with van der Waals surface area (Å²) in [6.07, 6.45) is 0. The van der Waals surface area contributed by atoms with Crippen molar-refractivity contribution >= 4 is 32.5 Å². The second-order valence-electron chi connectivity index (χ2n) is 4.73. The van der Waals surface area contributed by atoms with E-state index in [4.69, 9.17) is 0 Å². The van der Waals surface area contributed by atoms with Gasteiger partial charge in [-0.1, -0.05) is 15.9 Å². The normalized spacial score (nSPS) is 10.8. The van der Waals surface area contributed by atoms with Crippen LogP contribution in [-0.2, 0) is 0 Å². The quantitative estimate of drug-likeness (QED) is 0.519. The molecular formula is C15H10BrN3O3. The number of benzene rings is 2. The van der Waals surface area contributed by atoms with E-state index in [2.05, 4.69) is 20.9 Å². The van der Waals surface area contributed by atoms with Crippen LogP contribution in [-0.4, -0.2) is 14.5 Å². The molecule has 0 aliphatic heterocycles. The zero-order chi connectivity index (χ0) is 15.9. The number of nitro benzene ring substituents is 1. The highest BCUT2D eigenvalue weighted by Crippen LogP contribution is 2.19. The molecule has 22 heavy (non-hydrogen) atoms. The predicted molar refractivity (Wildman–Crippen MR) is 86.4 cm³/mol. The van der Waals surface area contributed by atoms with Crippen molar-refractivity contribution in [3.8, 4) is 5.69 Å². The summed E-state index contributed by atoms with van der Waals surface area (Å²) in [6, 6.07) is 11.1. The molecule has 0 amide bonds. The molecule has 6 nitrogen and oxygen atoms in total. The van der Waals surface area contributed by atoms with Crippen LogP contribution < -0.4 is 5.56 Å². The summed E-state index contributed by atoms with van der Waals surface area (Å²) < 4.78 is 2.23. The lowest BCUT2D eigenvalue weighted by Gasteiger charge is -2.10. The van der Waals surface area contributed by atoms with E-state index in [0.717, 1.165) is 4.47 Å². The maximum absolute atomic E-state index is 12.7. The molecule has 0 aliphatic rings. The van der Waals surface area contributed by atoms with Gasteiger partial charge < -0.3 is 0 Å². The largest absolute Gasteiger partial charge is 0.269 e. The van der Waals surface area contributed by atoms with Gasteiger partial charge in [0.25, 0.3) is 11.2 Å². The highest BCUT2D eigenvalue weighted by molar-refractivity contribution is 9.10. The van der Waals surface area contributed by atoms with Gasteiger partial charge >= 0.3 is 0 Å². The lowest BCUT2D eigenvalue weighted by molar-refractivity contribution is -0.384. The Balaban J connectivity index is 2.26. The van der Waals surface area contributed by atoms with Crippen molar-refractivity contribution in [2.24, 2.45) is 0 Å². The van der Waals surface area contributed by atoms with Gasteiger partial charge in [0, 0.05) is 16.6 Å². The molecule has 0 unspecified atom stereocenters. The van der Waals surface area contributed by atoms with Crippen LogP contribution >= 0.6 is 15.9 Å². The van der Waals surface area contributed by atoms with Crippen molar-refractivity contribution < 1.29 is 4.92 Å². The van der Waals surface area contributed by atoms with Crippen LogP contribution in [0.2, 0.25) is 0 Å². The third-order valence-electron chi connectivity index (χ3n) is 3.32. The number of hydrogen-bond donors (Lipinski definition) is 0. The van der Waals surface area contributed by atoms with E-state index in [0.29, 0.717) is 22.4 Å². The summed E-state index contributed by atoms with van der Waals surface area (Å²) in [7, 11) is 0. The van der Waals surface area contributed by atoms with E-state index in [9.17, 15) is 14.9 Å². The van der Waals surface area contributed by atoms with E-state index in [-0.39, 0.29) is 11.2 Å². The second-order valence-corrected chi connectivity index (χ2v) is 5.65. The molecule has 0 fully saturated rings. The van der Waals surface area contributed by atoms with Crippen molar-refractivity contribution in [2.45, 2.75) is 6.92 Å². The standard InChI is InChI=1S/C15H10BrN3O3/c1-9-17-14-7-2-10(16)8-13(14)15(20)18(9)11-3-5-12(6-4-11)19(21)22/h2-8H,1H3. The summed E-state index contributed by atoms with van der Waals surface area (Å²) in [5.41, 5.74) is 0.926. The molecule has 110 valence electrons. The Morgan fingerprint density at radius 1 is 1.18 bits per heavy atom. The first-order chi connectivity index (χ1) is 10.5. The fourth-order valence-corrected chi connectivity index (χ4v) is 2.66. The number of rotatable bonds is 2. The minimum Gasteiger partial charge on any atom is -0.268 e. The summed E-state index contributed by atoms with van der Waals surface area (Å²) in [5, 5.41) is 11.2. The van der Waals surface area contributed by atoms with E-state index < -0.39 is 4.92 Å². The first kappa shape index (κ1) is 14.4. The van der Waals surface area contributed by atoms with Crippen LogP contribution in [0.1, 0.15) is 5.82 Å². The summed E-state index contributed by atoms with van der Waals surface area (Å²) in [4.78, 5) is 27.3. The van der Waals surface area contributed by atoms with Crippen LogP contribution in [0.3, 0.4) is 0 Å². The zero-order valence-electron chi connectivity index (χ0n) is 11.5. The van der Waals surface area contributed by atoms with E-state index in [1.165, 1.54) is 28.8 Å². The molecule has 0 aliphatic carbocycles. The fraction of sp³-hybridized carbons (Fsp3) is 0.0667. The van der Waals surface area contributed by atoms with E-state index in [1.54, 1.807) is 19.1 Å². The Bertz CT molecular complexity index is 949. The number of nitrogens with zero attached hydrogens (tertiary/aromatic N) is 3. The van der Waals surface area contributed by atoms with Crippen molar-refractivity contribution in [3.63, 3.8) is 0 Å². The molecule has 2 aromatic carbocycles. The number of aryl methyl sites for hydroxylation is 1. The van der Waals surface area contributed by atoms with Crippen molar-refractivity contribution in [3.05, 3.63) is 73.2 Å². The summed E-state index contributed by atoms with van der Waals surface area (Å²) >= 11 is 3.34. The Labute approximate surface area is 133 Å². The molecule has 0 spiro atoms. The average Bonchev–Trinajstić information content (AvgIpc) is 2.49. The number of non-ortho nitro benzene ring substituents is 1. The zero-order valence-corrected chi connectivity index (χ0v) is 13.1. The maximum atomic E-state index is 12.7. The van der Waals surface area contributed by atoms with E-state index >= 15 is 0 Å². The van der Waals surface area contributed by atoms with Crippen LogP contribution in [0.25, 0.3) is 16.6 Å². The minimum absolute atomic E-state index is 0.0223. The molecule has 0 saturated carbocycles. The van der Waals surface area contributed by atoms with Crippen molar-refractivity contribution in [2.75, 3.05) is 0 Å². The molecular weight excluding hydrogens is 350 g/mol. The van der Waals surface area contributed by atoms with Gasteiger partial charge in [0.1, 0.15) is 5.82 Å². The molecule has 0 bridgehead atoms. The van der Waals surface area contributed by atoms with Gasteiger partial charge in [-0.3, -0.25) is 19.5 Å². The first-order valence-corrected chi connectivity index (χ1v) is 7.20. The molecule has 7 heteroatoms. The molecule has 3 rings (SSSR count). The van der Waals surface area contributed by atoms with Gasteiger partial charge in [-0.15, -0.1) is 0 Å². The molecule has 1 aromatic heterocycles. The summed E-state index contributed by atoms with van der Waals surface area (Å²) in [6.45, 7) is 1.73. The molecule has 0 radical (unpaired) electrons. The van der Waals surface area contributed by atoms with Gasteiger partial charge in [0.2, 0.25) is 0 Å². The average molecular weight is 360 g/mol. The van der Waals surface area contributed by atoms with Crippen LogP contribution in [0, 0.1) is 17.0 Å². The lowest BCUT2D eigenvalue weighted by Crippen LogP contribution is -2.22. The smallest absolute Gasteiger partial charge is 0.268 e. The van der Waals surface area contributed by atoms with Crippen molar-refractivity contribution in [1.29, 1.82) is 0 Å². The van der Waals surface area contributed by atoms with E-state index in [1.807, 2.05) is 6.07 Å². The fourth-order valence-electron chi connectivity index (χ4n) is 2.30. The number of aromatic nitrogens is 2. The van der Waals surface area contributed by atoms with Gasteiger partial charge in [-0.2, -0.15) is 0 Å². The SMILES string of the molecule is Cc1nc2ccc(Br)cc2c(=O)n1-c1ccc([N+](=O)[O-])cc1. The molecule has 0 atom stereocenters. The second kappa shape index (κ2) is 5.34. The topological polar surface area (TPSA) is 78.0 Å². The van der Waals surface area contributed by atoms with Gasteiger partial charge in [-0.05, 0) is 37.3 Å². The molecule has 0 saturated heterocycles. The predicted octanol–water partition coefficient (Wildman–Crippen LogP) is 3.36. The lowest BCUT2D eigenvalue weighted by atomic mass is 10.2. The van der Waals surface area contributed by atoms with Gasteiger partial charge in [-0.25, -0.2) is 4.98 Å². The minimum atomic E-state index is -0.477. The van der Waals surface area contributed by atoms with Gasteiger partial charge in [0.15, 0.2) is 0 Å². The Morgan fingerprint density at radius 3 is 2.50 bits per heavy atom. The summed E-state index contributed by atoms with van der Waals surface area (Å²) in [5.74, 6) is 0.522. The van der Waals surface area contributed by atoms with Crippen LogP contribution in [0.4, 0.5) is 5.69 Å². The Morgan fingerprint density at radius 2 is 1.86 bits per heavy atom.